The van der Waals surface area contributed by atoms with Crippen LogP contribution in [0, 0.1) is 29.6 Å². The van der Waals surface area contributed by atoms with Gasteiger partial charge in [-0.05, 0) is 42.9 Å². The molecule has 94 valence electrons. The highest BCUT2D eigenvalue weighted by molar-refractivity contribution is 4.99. The van der Waals surface area contributed by atoms with Crippen LogP contribution in [0.25, 0.3) is 0 Å². The van der Waals surface area contributed by atoms with E-state index in [-0.39, 0.29) is 18.1 Å². The van der Waals surface area contributed by atoms with Crippen molar-refractivity contribution in [2.45, 2.75) is 58.7 Å². The molecule has 0 aromatic carbocycles. The maximum absolute atomic E-state index is 10.4. The molecule has 0 spiro atoms. The highest BCUT2D eigenvalue weighted by atomic mass is 16.3. The normalized spacial score (nSPS) is 48.4. The predicted molar refractivity (Wildman–Crippen MR) is 65.0 cm³/mol. The van der Waals surface area contributed by atoms with Gasteiger partial charge in [0, 0.05) is 5.92 Å². The van der Waals surface area contributed by atoms with Crippen LogP contribution in [0.5, 0.6) is 0 Å². The van der Waals surface area contributed by atoms with Gasteiger partial charge in [0.25, 0.3) is 0 Å². The van der Waals surface area contributed by atoms with Crippen LogP contribution < -0.4 is 0 Å². The van der Waals surface area contributed by atoms with Gasteiger partial charge in [-0.2, -0.15) is 0 Å². The maximum Gasteiger partial charge on any atom is 0.0626 e. The zero-order valence-electron chi connectivity index (χ0n) is 10.8. The molecule has 0 amide bonds. The molecule has 2 heteroatoms. The minimum atomic E-state index is -0.269. The van der Waals surface area contributed by atoms with Crippen LogP contribution in [0.1, 0.15) is 46.5 Å². The molecule has 2 fully saturated rings. The molecule has 4 unspecified atom stereocenters. The molecule has 16 heavy (non-hydrogen) atoms. The summed E-state index contributed by atoms with van der Waals surface area (Å²) in [5.74, 6) is 2.08. The zero-order chi connectivity index (χ0) is 11.9. The lowest BCUT2D eigenvalue weighted by molar-refractivity contribution is -0.0570. The third-order valence-electron chi connectivity index (χ3n) is 5.12. The molecule has 2 nitrogen and oxygen atoms in total. The van der Waals surface area contributed by atoms with E-state index in [0.29, 0.717) is 23.7 Å². The summed E-state index contributed by atoms with van der Waals surface area (Å²) in [6.45, 7) is 6.53. The van der Waals surface area contributed by atoms with Crippen molar-refractivity contribution < 1.29 is 10.2 Å². The first-order chi connectivity index (χ1) is 7.56. The molecule has 2 aliphatic rings. The smallest absolute Gasteiger partial charge is 0.0626 e. The van der Waals surface area contributed by atoms with Gasteiger partial charge in [-0.25, -0.2) is 0 Å². The maximum atomic E-state index is 10.4. The molecule has 0 radical (unpaired) electrons. The number of fused-ring (bicyclic) bond motifs is 1. The van der Waals surface area contributed by atoms with Gasteiger partial charge < -0.3 is 10.2 Å². The first kappa shape index (κ1) is 12.4. The van der Waals surface area contributed by atoms with Crippen LogP contribution >= 0.6 is 0 Å². The van der Waals surface area contributed by atoms with Gasteiger partial charge in [-0.1, -0.05) is 27.2 Å². The Morgan fingerprint density at radius 3 is 2.38 bits per heavy atom. The van der Waals surface area contributed by atoms with Crippen LogP contribution in [-0.2, 0) is 0 Å². The topological polar surface area (TPSA) is 40.5 Å². The lowest BCUT2D eigenvalue weighted by Crippen LogP contribution is -2.42. The van der Waals surface area contributed by atoms with Crippen LogP contribution in [0.3, 0.4) is 0 Å². The van der Waals surface area contributed by atoms with Crippen LogP contribution in [-0.4, -0.2) is 22.4 Å². The van der Waals surface area contributed by atoms with Crippen molar-refractivity contribution in [2.24, 2.45) is 29.6 Å². The Balaban J connectivity index is 2.12. The standard InChI is InChI=1S/C14H26O2/c1-4-9-5-6-10-7-11(8(2)3)14(16)12(10)13(9)15/h8-16H,4-7H2,1-3H3/t9-,10?,11+,12?,13?,14?/m0/s1. The third kappa shape index (κ3) is 1.91. The Morgan fingerprint density at radius 2 is 1.81 bits per heavy atom. The quantitative estimate of drug-likeness (QED) is 0.759. The molecule has 0 aromatic rings. The van der Waals surface area contributed by atoms with Crippen LogP contribution in [0.2, 0.25) is 0 Å². The van der Waals surface area contributed by atoms with Gasteiger partial charge >= 0.3 is 0 Å². The van der Waals surface area contributed by atoms with Crippen molar-refractivity contribution in [2.75, 3.05) is 0 Å². The zero-order valence-corrected chi connectivity index (χ0v) is 10.8. The first-order valence-corrected chi connectivity index (χ1v) is 6.92. The summed E-state index contributed by atoms with van der Waals surface area (Å²) in [5, 5.41) is 20.7. The van der Waals surface area contributed by atoms with E-state index in [4.69, 9.17) is 0 Å². The summed E-state index contributed by atoms with van der Waals surface area (Å²) in [6.07, 6.45) is 3.99. The molecular weight excluding hydrogens is 200 g/mol. The van der Waals surface area contributed by atoms with Crippen LogP contribution in [0.4, 0.5) is 0 Å². The van der Waals surface area contributed by atoms with Crippen molar-refractivity contribution in [1.82, 2.24) is 0 Å². The lowest BCUT2D eigenvalue weighted by Gasteiger charge is -2.38. The fourth-order valence-electron chi connectivity index (χ4n) is 4.03. The van der Waals surface area contributed by atoms with Crippen LogP contribution in [0.15, 0.2) is 0 Å². The van der Waals surface area contributed by atoms with Gasteiger partial charge in [-0.15, -0.1) is 0 Å². The molecule has 2 aliphatic carbocycles. The molecule has 2 saturated carbocycles. The summed E-state index contributed by atoms with van der Waals surface area (Å²) in [7, 11) is 0. The molecule has 0 aliphatic heterocycles. The molecule has 0 saturated heterocycles. The number of hydrogen-bond donors (Lipinski definition) is 2. The Bertz CT molecular complexity index is 239. The Kier molecular flexibility index (Phi) is 3.60. The van der Waals surface area contributed by atoms with E-state index in [0.717, 1.165) is 19.3 Å². The van der Waals surface area contributed by atoms with Crippen molar-refractivity contribution in [3.05, 3.63) is 0 Å². The average molecular weight is 226 g/mol. The summed E-state index contributed by atoms with van der Waals surface area (Å²) in [6, 6.07) is 0. The Morgan fingerprint density at radius 1 is 1.12 bits per heavy atom. The lowest BCUT2D eigenvalue weighted by atomic mass is 9.72. The van der Waals surface area contributed by atoms with Crippen molar-refractivity contribution in [1.29, 1.82) is 0 Å². The van der Waals surface area contributed by atoms with E-state index in [1.165, 1.54) is 6.42 Å². The van der Waals surface area contributed by atoms with E-state index in [1.807, 2.05) is 0 Å². The van der Waals surface area contributed by atoms with Gasteiger partial charge in [0.15, 0.2) is 0 Å². The summed E-state index contributed by atoms with van der Waals surface area (Å²) >= 11 is 0. The monoisotopic (exact) mass is 226 g/mol. The fraction of sp³-hybridized carbons (Fsp3) is 1.00. The first-order valence-electron chi connectivity index (χ1n) is 6.92. The number of aliphatic hydroxyl groups is 2. The number of aliphatic hydroxyl groups excluding tert-OH is 2. The Hall–Kier alpha value is -0.0800. The second-order valence-electron chi connectivity index (χ2n) is 6.21. The van der Waals surface area contributed by atoms with E-state index in [2.05, 4.69) is 20.8 Å². The number of rotatable bonds is 2. The van der Waals surface area contributed by atoms with Gasteiger partial charge in [0.1, 0.15) is 0 Å². The second-order valence-corrected chi connectivity index (χ2v) is 6.21. The molecular formula is C14H26O2. The van der Waals surface area contributed by atoms with E-state index in [1.54, 1.807) is 0 Å². The van der Waals surface area contributed by atoms with E-state index >= 15 is 0 Å². The van der Waals surface area contributed by atoms with Crippen molar-refractivity contribution >= 4 is 0 Å². The van der Waals surface area contributed by atoms with E-state index in [9.17, 15) is 10.2 Å². The van der Waals surface area contributed by atoms with Gasteiger partial charge in [-0.3, -0.25) is 0 Å². The molecule has 2 rings (SSSR count). The summed E-state index contributed by atoms with van der Waals surface area (Å²) in [4.78, 5) is 0. The SMILES string of the molecule is CC[C@H]1CCC2C[C@H](C(C)C)C(O)C2C1O. The highest BCUT2D eigenvalue weighted by Gasteiger charge is 2.50. The molecule has 0 heterocycles. The minimum absolute atomic E-state index is 0.158. The Labute approximate surface area is 99.1 Å². The van der Waals surface area contributed by atoms with Crippen molar-refractivity contribution in [3.63, 3.8) is 0 Å². The van der Waals surface area contributed by atoms with Gasteiger partial charge in [0.2, 0.25) is 0 Å². The fourth-order valence-corrected chi connectivity index (χ4v) is 4.03. The number of hydrogen-bond acceptors (Lipinski definition) is 2. The second kappa shape index (κ2) is 4.66. The third-order valence-corrected chi connectivity index (χ3v) is 5.12. The molecule has 0 bridgehead atoms. The molecule has 6 atom stereocenters. The largest absolute Gasteiger partial charge is 0.392 e. The minimum Gasteiger partial charge on any atom is -0.392 e. The predicted octanol–water partition coefficient (Wildman–Crippen LogP) is 2.44. The van der Waals surface area contributed by atoms with E-state index < -0.39 is 0 Å². The molecule has 2 N–H and O–H groups in total. The summed E-state index contributed by atoms with van der Waals surface area (Å²) in [5.41, 5.74) is 0. The average Bonchev–Trinajstić information content (AvgIpc) is 2.57. The summed E-state index contributed by atoms with van der Waals surface area (Å²) < 4.78 is 0. The molecule has 0 aromatic heterocycles. The van der Waals surface area contributed by atoms with Crippen molar-refractivity contribution in [3.8, 4) is 0 Å². The van der Waals surface area contributed by atoms with Gasteiger partial charge in [0.05, 0.1) is 12.2 Å². The highest BCUT2D eigenvalue weighted by Crippen LogP contribution is 2.49.